The quantitative estimate of drug-likeness (QED) is 0.733. The van der Waals surface area contributed by atoms with Gasteiger partial charge in [0.05, 0.1) is 26.0 Å². The van der Waals surface area contributed by atoms with Crippen molar-refractivity contribution in [2.24, 2.45) is 0 Å². The van der Waals surface area contributed by atoms with Crippen LogP contribution < -0.4 is 5.32 Å². The van der Waals surface area contributed by atoms with Gasteiger partial charge in [-0.2, -0.15) is 0 Å². The van der Waals surface area contributed by atoms with Gasteiger partial charge in [-0.15, -0.1) is 0 Å². The van der Waals surface area contributed by atoms with Crippen molar-refractivity contribution in [2.45, 2.75) is 39.3 Å². The van der Waals surface area contributed by atoms with Crippen LogP contribution in [0.5, 0.6) is 0 Å². The van der Waals surface area contributed by atoms with Gasteiger partial charge in [0.15, 0.2) is 0 Å². The number of nitrogens with zero attached hydrogens (tertiary/aromatic N) is 1. The highest BCUT2D eigenvalue weighted by Crippen LogP contribution is 2.12. The van der Waals surface area contributed by atoms with E-state index in [4.69, 9.17) is 9.15 Å². The first-order valence-electron chi connectivity index (χ1n) is 7.46. The predicted molar refractivity (Wildman–Crippen MR) is 76.0 cm³/mol. The molecule has 1 aromatic rings. The van der Waals surface area contributed by atoms with Gasteiger partial charge in [-0.25, -0.2) is 0 Å². The maximum atomic E-state index is 5.77. The first kappa shape index (κ1) is 14.6. The first-order valence-corrected chi connectivity index (χ1v) is 7.46. The summed E-state index contributed by atoms with van der Waals surface area (Å²) in [5.74, 6) is 1.000. The average molecular weight is 266 g/mol. The van der Waals surface area contributed by atoms with E-state index in [9.17, 15) is 0 Å². The normalized spacial score (nSPS) is 16.9. The molecular formula is C15H26N2O2. The van der Waals surface area contributed by atoms with Crippen LogP contribution in [0.3, 0.4) is 0 Å². The van der Waals surface area contributed by atoms with Gasteiger partial charge in [-0.05, 0) is 38.5 Å². The second-order valence-electron chi connectivity index (χ2n) is 5.10. The summed E-state index contributed by atoms with van der Waals surface area (Å²) in [6, 6.07) is 2.01. The van der Waals surface area contributed by atoms with Crippen LogP contribution in [-0.2, 0) is 17.9 Å². The Morgan fingerprint density at radius 2 is 2.16 bits per heavy atom. The van der Waals surface area contributed by atoms with E-state index >= 15 is 0 Å². The van der Waals surface area contributed by atoms with Crippen LogP contribution in [0, 0.1) is 0 Å². The fourth-order valence-corrected chi connectivity index (χ4v) is 2.45. The summed E-state index contributed by atoms with van der Waals surface area (Å²) in [5, 5.41) is 3.28. The van der Waals surface area contributed by atoms with E-state index in [1.807, 2.05) is 6.07 Å². The maximum absolute atomic E-state index is 5.77. The van der Waals surface area contributed by atoms with Crippen LogP contribution in [0.2, 0.25) is 0 Å². The Labute approximate surface area is 116 Å². The molecule has 2 rings (SSSR count). The Kier molecular flexibility index (Phi) is 6.41. The van der Waals surface area contributed by atoms with Gasteiger partial charge in [0.1, 0.15) is 5.76 Å². The molecule has 0 bridgehead atoms. The van der Waals surface area contributed by atoms with Crippen molar-refractivity contribution in [1.82, 2.24) is 10.2 Å². The minimum absolute atomic E-state index is 0.658. The summed E-state index contributed by atoms with van der Waals surface area (Å²) in [6.07, 6.45) is 5.82. The number of piperidine rings is 1. The molecule has 4 heteroatoms. The minimum Gasteiger partial charge on any atom is -0.468 e. The molecule has 1 N–H and O–H groups in total. The molecule has 108 valence electrons. The third-order valence-electron chi connectivity index (χ3n) is 3.63. The van der Waals surface area contributed by atoms with E-state index in [1.165, 1.54) is 37.9 Å². The summed E-state index contributed by atoms with van der Waals surface area (Å²) in [5.41, 5.74) is 1.17. The standard InChI is InChI=1S/C15H26N2O2/c1-2-16-12-15-14(6-10-19-15)13-18-11-9-17-7-4-3-5-8-17/h6,10,16H,2-5,7-9,11-13H2,1H3. The van der Waals surface area contributed by atoms with Crippen LogP contribution in [0.25, 0.3) is 0 Å². The minimum atomic E-state index is 0.658. The molecule has 0 radical (unpaired) electrons. The lowest BCUT2D eigenvalue weighted by atomic mass is 10.1. The van der Waals surface area contributed by atoms with E-state index < -0.39 is 0 Å². The molecule has 2 heterocycles. The van der Waals surface area contributed by atoms with Crippen molar-refractivity contribution in [1.29, 1.82) is 0 Å². The lowest BCUT2D eigenvalue weighted by Gasteiger charge is -2.26. The number of ether oxygens (including phenoxy) is 1. The summed E-state index contributed by atoms with van der Waals surface area (Å²) in [6.45, 7) is 8.83. The van der Waals surface area contributed by atoms with Gasteiger partial charge in [0, 0.05) is 12.1 Å². The third kappa shape index (κ3) is 4.97. The lowest BCUT2D eigenvalue weighted by molar-refractivity contribution is 0.0854. The van der Waals surface area contributed by atoms with E-state index in [-0.39, 0.29) is 0 Å². The lowest BCUT2D eigenvalue weighted by Crippen LogP contribution is -2.32. The van der Waals surface area contributed by atoms with Gasteiger partial charge >= 0.3 is 0 Å². The van der Waals surface area contributed by atoms with Gasteiger partial charge < -0.3 is 19.4 Å². The number of hydrogen-bond acceptors (Lipinski definition) is 4. The van der Waals surface area contributed by atoms with E-state index in [1.54, 1.807) is 6.26 Å². The predicted octanol–water partition coefficient (Wildman–Crippen LogP) is 2.39. The maximum Gasteiger partial charge on any atom is 0.123 e. The highest BCUT2D eigenvalue weighted by Gasteiger charge is 2.10. The highest BCUT2D eigenvalue weighted by molar-refractivity contribution is 5.15. The zero-order chi connectivity index (χ0) is 13.3. The Balaban J connectivity index is 1.63. The topological polar surface area (TPSA) is 37.6 Å². The second kappa shape index (κ2) is 8.35. The molecule has 0 saturated carbocycles. The van der Waals surface area contributed by atoms with E-state index in [2.05, 4.69) is 17.1 Å². The molecule has 1 aromatic heterocycles. The van der Waals surface area contributed by atoms with Crippen molar-refractivity contribution >= 4 is 0 Å². The molecule has 1 aliphatic heterocycles. The number of nitrogens with one attached hydrogen (secondary N) is 1. The molecular weight excluding hydrogens is 240 g/mol. The molecule has 0 unspecified atom stereocenters. The molecule has 0 atom stereocenters. The Bertz CT molecular complexity index is 346. The van der Waals surface area contributed by atoms with Crippen molar-refractivity contribution < 1.29 is 9.15 Å². The van der Waals surface area contributed by atoms with Crippen molar-refractivity contribution in [3.63, 3.8) is 0 Å². The zero-order valence-corrected chi connectivity index (χ0v) is 12.0. The van der Waals surface area contributed by atoms with Crippen LogP contribution in [0.15, 0.2) is 16.7 Å². The molecule has 1 fully saturated rings. The summed E-state index contributed by atoms with van der Waals surface area (Å²) < 4.78 is 11.2. The van der Waals surface area contributed by atoms with Crippen molar-refractivity contribution in [3.05, 3.63) is 23.7 Å². The number of furan rings is 1. The molecule has 0 amide bonds. The van der Waals surface area contributed by atoms with E-state index in [0.717, 1.165) is 32.0 Å². The third-order valence-corrected chi connectivity index (χ3v) is 3.63. The highest BCUT2D eigenvalue weighted by atomic mass is 16.5. The molecule has 1 aliphatic rings. The molecule has 19 heavy (non-hydrogen) atoms. The first-order chi connectivity index (χ1) is 9.40. The second-order valence-corrected chi connectivity index (χ2v) is 5.10. The van der Waals surface area contributed by atoms with Crippen LogP contribution >= 0.6 is 0 Å². The fourth-order valence-electron chi connectivity index (χ4n) is 2.45. The summed E-state index contributed by atoms with van der Waals surface area (Å²) >= 11 is 0. The largest absolute Gasteiger partial charge is 0.468 e. The summed E-state index contributed by atoms with van der Waals surface area (Å²) in [4.78, 5) is 2.50. The molecule has 0 spiro atoms. The monoisotopic (exact) mass is 266 g/mol. The fraction of sp³-hybridized carbons (Fsp3) is 0.733. The Morgan fingerprint density at radius 3 is 2.95 bits per heavy atom. The summed E-state index contributed by atoms with van der Waals surface area (Å²) in [7, 11) is 0. The van der Waals surface area contributed by atoms with Crippen LogP contribution in [0.4, 0.5) is 0 Å². The number of likely N-dealkylation sites (tertiary alicyclic amines) is 1. The molecule has 0 aliphatic carbocycles. The van der Waals surface area contributed by atoms with Crippen molar-refractivity contribution in [2.75, 3.05) is 32.8 Å². The zero-order valence-electron chi connectivity index (χ0n) is 12.0. The molecule has 1 saturated heterocycles. The van der Waals surface area contributed by atoms with Gasteiger partial charge in [0.25, 0.3) is 0 Å². The number of rotatable bonds is 8. The Hall–Kier alpha value is -0.840. The molecule has 0 aromatic carbocycles. The Morgan fingerprint density at radius 1 is 1.32 bits per heavy atom. The molecule has 4 nitrogen and oxygen atoms in total. The van der Waals surface area contributed by atoms with Crippen LogP contribution in [-0.4, -0.2) is 37.7 Å². The average Bonchev–Trinajstić information content (AvgIpc) is 2.90. The smallest absolute Gasteiger partial charge is 0.123 e. The van der Waals surface area contributed by atoms with Gasteiger partial charge in [-0.3, -0.25) is 0 Å². The van der Waals surface area contributed by atoms with Gasteiger partial charge in [-0.1, -0.05) is 13.3 Å². The van der Waals surface area contributed by atoms with Gasteiger partial charge in [0.2, 0.25) is 0 Å². The number of hydrogen-bond donors (Lipinski definition) is 1. The van der Waals surface area contributed by atoms with Crippen LogP contribution in [0.1, 0.15) is 37.5 Å². The SMILES string of the molecule is CCNCc1occc1COCCN1CCCCC1. The van der Waals surface area contributed by atoms with Crippen molar-refractivity contribution in [3.8, 4) is 0 Å². The van der Waals surface area contributed by atoms with E-state index in [0.29, 0.717) is 6.61 Å².